The fraction of sp³-hybridized carbons (Fsp3) is 0.889. The smallest absolute Gasteiger partial charge is 0.320 e. The van der Waals surface area contributed by atoms with Gasteiger partial charge in [-0.2, -0.15) is 0 Å². The van der Waals surface area contributed by atoms with E-state index in [4.69, 9.17) is 5.11 Å². The van der Waals surface area contributed by atoms with Gasteiger partial charge in [-0.15, -0.1) is 0 Å². The van der Waals surface area contributed by atoms with E-state index in [-0.39, 0.29) is 6.04 Å². The number of carboxylic acid groups (broad SMARTS) is 1. The highest BCUT2D eigenvalue weighted by Crippen LogP contribution is 2.31. The summed E-state index contributed by atoms with van der Waals surface area (Å²) in [5.41, 5.74) is 0.322. The maximum absolute atomic E-state index is 10.7. The van der Waals surface area contributed by atoms with Crippen molar-refractivity contribution in [2.75, 3.05) is 13.1 Å². The van der Waals surface area contributed by atoms with Crippen molar-refractivity contribution in [1.29, 1.82) is 0 Å². The molecule has 0 aromatic rings. The van der Waals surface area contributed by atoms with Crippen LogP contribution in [0.2, 0.25) is 0 Å². The third kappa shape index (κ3) is 1.78. The lowest BCUT2D eigenvalue weighted by molar-refractivity contribution is -0.148. The molecule has 0 radical (unpaired) electrons. The molecule has 0 amide bonds. The molecule has 1 rings (SSSR count). The zero-order valence-corrected chi connectivity index (χ0v) is 8.00. The summed E-state index contributed by atoms with van der Waals surface area (Å²) in [5, 5.41) is 8.84. The minimum Gasteiger partial charge on any atom is -0.480 e. The monoisotopic (exact) mass is 171 g/mol. The molecule has 1 unspecified atom stereocenters. The van der Waals surface area contributed by atoms with Crippen LogP contribution in [0, 0.1) is 5.41 Å². The van der Waals surface area contributed by atoms with Crippen LogP contribution in [-0.4, -0.2) is 35.1 Å². The molecule has 3 heteroatoms. The number of aliphatic carboxylic acids is 1. The topological polar surface area (TPSA) is 40.5 Å². The Hall–Kier alpha value is -0.570. The van der Waals surface area contributed by atoms with Crippen molar-refractivity contribution < 1.29 is 9.90 Å². The molecule has 0 spiro atoms. The van der Waals surface area contributed by atoms with Crippen LogP contribution < -0.4 is 0 Å². The molecule has 1 fully saturated rings. The van der Waals surface area contributed by atoms with Crippen LogP contribution in [0.1, 0.15) is 27.2 Å². The van der Waals surface area contributed by atoms with Gasteiger partial charge in [-0.3, -0.25) is 9.69 Å². The van der Waals surface area contributed by atoms with Crippen LogP contribution in [-0.2, 0) is 4.79 Å². The fourth-order valence-electron chi connectivity index (χ4n) is 1.86. The average molecular weight is 171 g/mol. The number of carbonyl (C=O) groups is 1. The highest BCUT2D eigenvalue weighted by molar-refractivity contribution is 5.73. The largest absolute Gasteiger partial charge is 0.480 e. The number of likely N-dealkylation sites (tertiary alicyclic amines) is 1. The van der Waals surface area contributed by atoms with Gasteiger partial charge in [0.25, 0.3) is 0 Å². The van der Waals surface area contributed by atoms with Crippen LogP contribution >= 0.6 is 0 Å². The Kier molecular flexibility index (Phi) is 2.42. The van der Waals surface area contributed by atoms with Gasteiger partial charge in [0, 0.05) is 13.1 Å². The predicted molar refractivity (Wildman–Crippen MR) is 47.1 cm³/mol. The molecule has 0 saturated carbocycles. The molecular formula is C9H17NO2. The van der Waals surface area contributed by atoms with Crippen LogP contribution in [0.4, 0.5) is 0 Å². The fourth-order valence-corrected chi connectivity index (χ4v) is 1.86. The van der Waals surface area contributed by atoms with Crippen LogP contribution in [0.15, 0.2) is 0 Å². The first-order valence-electron chi connectivity index (χ1n) is 4.43. The molecule has 1 heterocycles. The number of hydrogen-bond acceptors (Lipinski definition) is 2. The Morgan fingerprint density at radius 3 is 2.33 bits per heavy atom. The molecule has 0 aromatic carbocycles. The Morgan fingerprint density at radius 2 is 2.08 bits per heavy atom. The summed E-state index contributed by atoms with van der Waals surface area (Å²) >= 11 is 0. The normalized spacial score (nSPS) is 24.6. The van der Waals surface area contributed by atoms with Crippen molar-refractivity contribution in [3.63, 3.8) is 0 Å². The summed E-state index contributed by atoms with van der Waals surface area (Å²) in [6.07, 6.45) is 0.700. The van der Waals surface area contributed by atoms with E-state index in [1.165, 1.54) is 0 Å². The SMILES string of the molecule is CCC(C(=O)O)N1CC(C)(C)C1. The lowest BCUT2D eigenvalue weighted by Crippen LogP contribution is -2.59. The van der Waals surface area contributed by atoms with E-state index in [9.17, 15) is 4.79 Å². The lowest BCUT2D eigenvalue weighted by atomic mass is 9.83. The zero-order chi connectivity index (χ0) is 9.35. The summed E-state index contributed by atoms with van der Waals surface area (Å²) in [6, 6.07) is -0.266. The Bertz CT molecular complexity index is 181. The highest BCUT2D eigenvalue weighted by atomic mass is 16.4. The van der Waals surface area contributed by atoms with Gasteiger partial charge in [-0.05, 0) is 11.8 Å². The zero-order valence-electron chi connectivity index (χ0n) is 8.00. The summed E-state index contributed by atoms with van der Waals surface area (Å²) < 4.78 is 0. The number of rotatable bonds is 3. The van der Waals surface area contributed by atoms with Crippen molar-refractivity contribution in [2.24, 2.45) is 5.41 Å². The lowest BCUT2D eigenvalue weighted by Gasteiger charge is -2.48. The summed E-state index contributed by atoms with van der Waals surface area (Å²) in [7, 11) is 0. The number of nitrogens with zero attached hydrogens (tertiary/aromatic N) is 1. The van der Waals surface area contributed by atoms with Gasteiger partial charge in [-0.1, -0.05) is 20.8 Å². The third-order valence-corrected chi connectivity index (χ3v) is 2.37. The van der Waals surface area contributed by atoms with E-state index >= 15 is 0 Å². The highest BCUT2D eigenvalue weighted by Gasteiger charge is 2.39. The van der Waals surface area contributed by atoms with Gasteiger partial charge in [0.05, 0.1) is 0 Å². The minimum absolute atomic E-state index is 0.266. The Labute approximate surface area is 73.4 Å². The quantitative estimate of drug-likeness (QED) is 0.693. The predicted octanol–water partition coefficient (Wildman–Crippen LogP) is 1.19. The van der Waals surface area contributed by atoms with Crippen molar-refractivity contribution >= 4 is 5.97 Å². The molecular weight excluding hydrogens is 154 g/mol. The van der Waals surface area contributed by atoms with Crippen molar-refractivity contribution in [3.05, 3.63) is 0 Å². The van der Waals surface area contributed by atoms with Gasteiger partial charge < -0.3 is 5.11 Å². The first kappa shape index (κ1) is 9.52. The Morgan fingerprint density at radius 1 is 1.58 bits per heavy atom. The van der Waals surface area contributed by atoms with E-state index < -0.39 is 5.97 Å². The first-order valence-corrected chi connectivity index (χ1v) is 4.43. The van der Waals surface area contributed by atoms with Gasteiger partial charge >= 0.3 is 5.97 Å². The number of carboxylic acids is 1. The maximum atomic E-state index is 10.7. The molecule has 1 aliphatic rings. The molecule has 3 nitrogen and oxygen atoms in total. The van der Waals surface area contributed by atoms with E-state index in [2.05, 4.69) is 13.8 Å². The summed E-state index contributed by atoms with van der Waals surface area (Å²) in [6.45, 7) is 8.08. The molecule has 1 aliphatic heterocycles. The second-order valence-electron chi connectivity index (χ2n) is 4.33. The van der Waals surface area contributed by atoms with Crippen LogP contribution in [0.25, 0.3) is 0 Å². The molecule has 0 aliphatic carbocycles. The summed E-state index contributed by atoms with van der Waals surface area (Å²) in [4.78, 5) is 12.8. The second kappa shape index (κ2) is 3.05. The van der Waals surface area contributed by atoms with Crippen LogP contribution in [0.3, 0.4) is 0 Å². The first-order chi connectivity index (χ1) is 5.46. The van der Waals surface area contributed by atoms with E-state index in [1.807, 2.05) is 11.8 Å². The molecule has 0 bridgehead atoms. The van der Waals surface area contributed by atoms with Crippen molar-refractivity contribution in [2.45, 2.75) is 33.2 Å². The average Bonchev–Trinajstić information content (AvgIpc) is 1.84. The van der Waals surface area contributed by atoms with Crippen molar-refractivity contribution in [3.8, 4) is 0 Å². The van der Waals surface area contributed by atoms with Gasteiger partial charge in [0.2, 0.25) is 0 Å². The van der Waals surface area contributed by atoms with E-state index in [1.54, 1.807) is 0 Å². The van der Waals surface area contributed by atoms with E-state index in [0.29, 0.717) is 11.8 Å². The van der Waals surface area contributed by atoms with Crippen molar-refractivity contribution in [1.82, 2.24) is 4.90 Å². The standard InChI is InChI=1S/C9H17NO2/c1-4-7(8(11)12)10-5-9(2,3)6-10/h7H,4-6H2,1-3H3,(H,11,12). The number of hydrogen-bond donors (Lipinski definition) is 1. The minimum atomic E-state index is -0.687. The Balaban J connectivity index is 2.45. The van der Waals surface area contributed by atoms with Gasteiger partial charge in [-0.25, -0.2) is 0 Å². The van der Waals surface area contributed by atoms with Gasteiger partial charge in [0.1, 0.15) is 6.04 Å². The van der Waals surface area contributed by atoms with E-state index in [0.717, 1.165) is 13.1 Å². The third-order valence-electron chi connectivity index (χ3n) is 2.37. The second-order valence-corrected chi connectivity index (χ2v) is 4.33. The maximum Gasteiger partial charge on any atom is 0.320 e. The molecule has 0 aromatic heterocycles. The summed E-state index contributed by atoms with van der Waals surface area (Å²) in [5.74, 6) is -0.687. The van der Waals surface area contributed by atoms with Gasteiger partial charge in [0.15, 0.2) is 0 Å². The molecule has 1 N–H and O–H groups in total. The molecule has 12 heavy (non-hydrogen) atoms. The molecule has 70 valence electrons. The molecule has 1 saturated heterocycles. The van der Waals surface area contributed by atoms with Crippen LogP contribution in [0.5, 0.6) is 0 Å². The molecule has 1 atom stereocenters.